The molecule has 0 bridgehead atoms. The predicted molar refractivity (Wildman–Crippen MR) is 118 cm³/mol. The third-order valence-electron chi connectivity index (χ3n) is 5.88. The minimum atomic E-state index is -0.177. The van der Waals surface area contributed by atoms with Crippen LogP contribution in [-0.4, -0.2) is 72.2 Å². The molecule has 2 N–H and O–H groups in total. The fourth-order valence-corrected chi connectivity index (χ4v) is 4.15. The molecule has 2 aliphatic heterocycles. The summed E-state index contributed by atoms with van der Waals surface area (Å²) in [5, 5.41) is 19.8. The number of benzene rings is 2. The van der Waals surface area contributed by atoms with Crippen LogP contribution in [0.15, 0.2) is 36.1 Å². The SMILES string of the molecule is COc1cccc(/C=C2\Oc3c(CN4CCN(CCO)CC4)c(O)cc(C)c3C2=O)c1. The van der Waals surface area contributed by atoms with Gasteiger partial charge in [0, 0.05) is 39.3 Å². The van der Waals surface area contributed by atoms with E-state index in [0.717, 1.165) is 31.7 Å². The maximum atomic E-state index is 13.1. The average Bonchev–Trinajstić information content (AvgIpc) is 3.09. The second kappa shape index (κ2) is 9.09. The van der Waals surface area contributed by atoms with Crippen LogP contribution in [0.3, 0.4) is 0 Å². The van der Waals surface area contributed by atoms with Crippen LogP contribution < -0.4 is 9.47 Å². The molecule has 7 nitrogen and oxygen atoms in total. The van der Waals surface area contributed by atoms with Gasteiger partial charge in [-0.25, -0.2) is 0 Å². The van der Waals surface area contributed by atoms with E-state index in [1.807, 2.05) is 31.2 Å². The van der Waals surface area contributed by atoms with Crippen molar-refractivity contribution in [3.8, 4) is 17.2 Å². The Kier molecular flexibility index (Phi) is 6.27. The van der Waals surface area contributed by atoms with Crippen LogP contribution in [0, 0.1) is 6.92 Å². The summed E-state index contributed by atoms with van der Waals surface area (Å²) < 4.78 is 11.3. The molecule has 0 aromatic heterocycles. The molecule has 0 aliphatic carbocycles. The Morgan fingerprint density at radius 2 is 1.90 bits per heavy atom. The lowest BCUT2D eigenvalue weighted by atomic mass is 9.99. The Hall–Kier alpha value is -2.87. The van der Waals surface area contributed by atoms with Crippen LogP contribution in [0.1, 0.15) is 27.0 Å². The smallest absolute Gasteiger partial charge is 0.232 e. The summed E-state index contributed by atoms with van der Waals surface area (Å²) >= 11 is 0. The number of carbonyl (C=O) groups is 1. The summed E-state index contributed by atoms with van der Waals surface area (Å²) in [5.41, 5.74) is 2.65. The van der Waals surface area contributed by atoms with Gasteiger partial charge in [-0.1, -0.05) is 12.1 Å². The van der Waals surface area contributed by atoms with Crippen molar-refractivity contribution in [1.82, 2.24) is 9.80 Å². The van der Waals surface area contributed by atoms with Crippen LogP contribution in [0.5, 0.6) is 17.2 Å². The fourth-order valence-electron chi connectivity index (χ4n) is 4.15. The summed E-state index contributed by atoms with van der Waals surface area (Å²) in [6, 6.07) is 9.06. The molecule has 2 heterocycles. The molecule has 0 unspecified atom stereocenters. The number of phenolic OH excluding ortho intramolecular Hbond substituents is 1. The van der Waals surface area contributed by atoms with Crippen molar-refractivity contribution in [3.05, 3.63) is 58.3 Å². The number of aromatic hydroxyl groups is 1. The number of fused-ring (bicyclic) bond motifs is 1. The van der Waals surface area contributed by atoms with Gasteiger partial charge in [0.1, 0.15) is 17.2 Å². The lowest BCUT2D eigenvalue weighted by Crippen LogP contribution is -2.46. The molecule has 2 aromatic rings. The second-order valence-electron chi connectivity index (χ2n) is 7.95. The first-order chi connectivity index (χ1) is 15.0. The highest BCUT2D eigenvalue weighted by Gasteiger charge is 2.34. The van der Waals surface area contributed by atoms with E-state index in [-0.39, 0.29) is 23.9 Å². The molecule has 0 radical (unpaired) electrons. The van der Waals surface area contributed by atoms with Crippen molar-refractivity contribution < 1.29 is 24.5 Å². The van der Waals surface area contributed by atoms with E-state index in [9.17, 15) is 9.90 Å². The Balaban J connectivity index is 1.59. The number of hydrogen-bond acceptors (Lipinski definition) is 7. The van der Waals surface area contributed by atoms with E-state index in [0.29, 0.717) is 41.3 Å². The fraction of sp³-hybridized carbons (Fsp3) is 0.375. The van der Waals surface area contributed by atoms with Crippen LogP contribution in [0.4, 0.5) is 0 Å². The number of β-amino-alcohol motifs (C(OH)–C–C–N with tert-alkyl or cyclic N) is 1. The molecule has 1 saturated heterocycles. The molecule has 2 aliphatic rings. The van der Waals surface area contributed by atoms with Crippen molar-refractivity contribution in [2.24, 2.45) is 0 Å². The Morgan fingerprint density at radius 3 is 2.61 bits per heavy atom. The number of nitrogens with zero attached hydrogens (tertiary/aromatic N) is 2. The van der Waals surface area contributed by atoms with E-state index in [1.54, 1.807) is 19.3 Å². The Morgan fingerprint density at radius 1 is 1.16 bits per heavy atom. The number of aliphatic hydroxyl groups is 1. The quantitative estimate of drug-likeness (QED) is 0.689. The number of piperazine rings is 1. The third kappa shape index (κ3) is 4.44. The number of methoxy groups -OCH3 is 1. The van der Waals surface area contributed by atoms with Crippen molar-refractivity contribution in [3.63, 3.8) is 0 Å². The Bertz CT molecular complexity index is 1010. The highest BCUT2D eigenvalue weighted by molar-refractivity contribution is 6.15. The molecule has 0 amide bonds. The lowest BCUT2D eigenvalue weighted by molar-refractivity contribution is 0.101. The largest absolute Gasteiger partial charge is 0.507 e. The van der Waals surface area contributed by atoms with Gasteiger partial charge >= 0.3 is 0 Å². The predicted octanol–water partition coefficient (Wildman–Crippen LogP) is 2.44. The molecular formula is C24H28N2O5. The zero-order valence-corrected chi connectivity index (χ0v) is 17.9. The van der Waals surface area contributed by atoms with Crippen LogP contribution in [0.25, 0.3) is 6.08 Å². The second-order valence-corrected chi connectivity index (χ2v) is 7.95. The normalized spacial score (nSPS) is 18.3. The summed E-state index contributed by atoms with van der Waals surface area (Å²) in [4.78, 5) is 17.5. The number of Topliss-reactive ketones (excluding diaryl/α,β-unsaturated/α-hetero) is 1. The topological polar surface area (TPSA) is 82.5 Å². The summed E-state index contributed by atoms with van der Waals surface area (Å²) in [6.45, 7) is 6.50. The molecular weight excluding hydrogens is 396 g/mol. The van der Waals surface area contributed by atoms with Crippen LogP contribution in [0.2, 0.25) is 0 Å². The van der Waals surface area contributed by atoms with Gasteiger partial charge in [-0.2, -0.15) is 0 Å². The minimum Gasteiger partial charge on any atom is -0.507 e. The van der Waals surface area contributed by atoms with Gasteiger partial charge in [0.25, 0.3) is 0 Å². The van der Waals surface area contributed by atoms with E-state index in [1.165, 1.54) is 0 Å². The van der Waals surface area contributed by atoms with Gasteiger partial charge < -0.3 is 19.7 Å². The number of allylic oxidation sites excluding steroid dienone is 1. The molecule has 31 heavy (non-hydrogen) atoms. The van der Waals surface area contributed by atoms with Crippen LogP contribution in [-0.2, 0) is 6.54 Å². The molecule has 1 fully saturated rings. The van der Waals surface area contributed by atoms with E-state index in [4.69, 9.17) is 14.6 Å². The van der Waals surface area contributed by atoms with E-state index in [2.05, 4.69) is 9.80 Å². The molecule has 4 rings (SSSR count). The monoisotopic (exact) mass is 424 g/mol. The van der Waals surface area contributed by atoms with Gasteiger partial charge in [-0.05, 0) is 42.3 Å². The average molecular weight is 424 g/mol. The van der Waals surface area contributed by atoms with Gasteiger partial charge in [0.2, 0.25) is 5.78 Å². The highest BCUT2D eigenvalue weighted by atomic mass is 16.5. The van der Waals surface area contributed by atoms with Gasteiger partial charge in [-0.15, -0.1) is 0 Å². The van der Waals surface area contributed by atoms with Crippen molar-refractivity contribution in [2.75, 3.05) is 46.4 Å². The maximum absolute atomic E-state index is 13.1. The number of rotatable bonds is 6. The molecule has 0 atom stereocenters. The minimum absolute atomic E-state index is 0.143. The number of carbonyl (C=O) groups excluding carboxylic acids is 1. The molecule has 164 valence electrons. The van der Waals surface area contributed by atoms with Gasteiger partial charge in [-0.3, -0.25) is 14.6 Å². The number of ketones is 1. The number of aliphatic hydroxyl groups excluding tert-OH is 1. The third-order valence-corrected chi connectivity index (χ3v) is 5.88. The first-order valence-electron chi connectivity index (χ1n) is 10.5. The Labute approximate surface area is 182 Å². The van der Waals surface area contributed by atoms with Gasteiger partial charge in [0.05, 0.1) is 24.8 Å². The van der Waals surface area contributed by atoms with Gasteiger partial charge in [0.15, 0.2) is 5.76 Å². The highest BCUT2D eigenvalue weighted by Crippen LogP contribution is 2.42. The molecule has 0 saturated carbocycles. The summed E-state index contributed by atoms with van der Waals surface area (Å²) in [6.07, 6.45) is 1.71. The van der Waals surface area contributed by atoms with Crippen LogP contribution >= 0.6 is 0 Å². The maximum Gasteiger partial charge on any atom is 0.232 e. The summed E-state index contributed by atoms with van der Waals surface area (Å²) in [5.74, 6) is 1.36. The number of aryl methyl sites for hydroxylation is 1. The number of hydrogen-bond donors (Lipinski definition) is 2. The van der Waals surface area contributed by atoms with Crippen molar-refractivity contribution in [2.45, 2.75) is 13.5 Å². The standard InChI is InChI=1S/C24H28N2O5/c1-16-12-20(28)19(15-26-8-6-25(7-9-26)10-11-27)24-22(16)23(29)21(31-24)14-17-4-3-5-18(13-17)30-2/h3-5,12-14,27-28H,6-11,15H2,1-2H3/b21-14-. The first kappa shape index (κ1) is 21.4. The molecule has 0 spiro atoms. The lowest BCUT2D eigenvalue weighted by Gasteiger charge is -2.34. The molecule has 2 aromatic carbocycles. The zero-order chi connectivity index (χ0) is 22.0. The first-order valence-corrected chi connectivity index (χ1v) is 10.5. The van der Waals surface area contributed by atoms with E-state index >= 15 is 0 Å². The van der Waals surface area contributed by atoms with Crippen molar-refractivity contribution >= 4 is 11.9 Å². The van der Waals surface area contributed by atoms with Crippen molar-refractivity contribution in [1.29, 1.82) is 0 Å². The van der Waals surface area contributed by atoms with E-state index < -0.39 is 0 Å². The zero-order valence-electron chi connectivity index (χ0n) is 17.9. The molecule has 7 heteroatoms. The summed E-state index contributed by atoms with van der Waals surface area (Å²) in [7, 11) is 1.60. The number of ether oxygens (including phenoxy) is 2. The number of phenols is 1.